The van der Waals surface area contributed by atoms with Crippen LogP contribution in [0.25, 0.3) is 0 Å². The molecule has 1 N–H and O–H groups in total. The van der Waals surface area contributed by atoms with Crippen LogP contribution in [-0.2, 0) is 10.0 Å². The Labute approximate surface area is 69.0 Å². The van der Waals surface area contributed by atoms with E-state index in [4.69, 9.17) is 0 Å². The lowest BCUT2D eigenvalue weighted by molar-refractivity contribution is -0.147. The second kappa shape index (κ2) is 3.61. The second-order valence-corrected chi connectivity index (χ2v) is 4.33. The largest absolute Gasteiger partial charge is 0.404 e. The summed E-state index contributed by atoms with van der Waals surface area (Å²) in [6, 6.07) is -2.03. The van der Waals surface area contributed by atoms with E-state index in [1.807, 2.05) is 0 Å². The molecule has 0 saturated heterocycles. The lowest BCUT2D eigenvalue weighted by Gasteiger charge is -2.16. The molecule has 0 aliphatic heterocycles. The van der Waals surface area contributed by atoms with Crippen molar-refractivity contribution in [2.75, 3.05) is 5.75 Å². The minimum absolute atomic E-state index is 0.354. The molecule has 0 aromatic rings. The summed E-state index contributed by atoms with van der Waals surface area (Å²) in [6.07, 6.45) is -4.53. The topological polar surface area (TPSA) is 46.2 Å². The minimum atomic E-state index is -4.53. The highest BCUT2D eigenvalue weighted by Gasteiger charge is 2.37. The smallest absolute Gasteiger partial charge is 0.212 e. The summed E-state index contributed by atoms with van der Waals surface area (Å²) >= 11 is 0. The number of sulfonamides is 1. The van der Waals surface area contributed by atoms with Crippen LogP contribution in [0, 0.1) is 0 Å². The number of hydrogen-bond acceptors (Lipinski definition) is 2. The molecule has 0 bridgehead atoms. The lowest BCUT2D eigenvalue weighted by atomic mass is 10.4. The third-order valence-corrected chi connectivity index (χ3v) is 2.70. The first-order valence-electron chi connectivity index (χ1n) is 3.25. The van der Waals surface area contributed by atoms with Gasteiger partial charge in [-0.05, 0) is 13.8 Å². The van der Waals surface area contributed by atoms with Crippen molar-refractivity contribution >= 4 is 10.0 Å². The standard InChI is InChI=1S/C5H10F3NO2S/c1-3-12(10,11)9-4(2)5(6,7)8/h4,9H,3H2,1-2H3. The van der Waals surface area contributed by atoms with Crippen LogP contribution >= 0.6 is 0 Å². The van der Waals surface area contributed by atoms with Crippen molar-refractivity contribution in [1.82, 2.24) is 4.72 Å². The van der Waals surface area contributed by atoms with E-state index in [2.05, 4.69) is 0 Å². The normalized spacial score (nSPS) is 16.1. The van der Waals surface area contributed by atoms with Gasteiger partial charge >= 0.3 is 6.18 Å². The molecule has 0 rings (SSSR count). The molecule has 74 valence electrons. The predicted octanol–water partition coefficient (Wildman–Crippen LogP) is 0.877. The van der Waals surface area contributed by atoms with Crippen molar-refractivity contribution in [3.8, 4) is 0 Å². The zero-order valence-corrected chi connectivity index (χ0v) is 7.46. The van der Waals surface area contributed by atoms with Crippen LogP contribution in [0.1, 0.15) is 13.8 Å². The fourth-order valence-electron chi connectivity index (χ4n) is 0.419. The van der Waals surface area contributed by atoms with Crippen molar-refractivity contribution in [3.05, 3.63) is 0 Å². The number of hydrogen-bond donors (Lipinski definition) is 1. The molecule has 0 radical (unpaired) electrons. The minimum Gasteiger partial charge on any atom is -0.212 e. The highest BCUT2D eigenvalue weighted by atomic mass is 32.2. The fourth-order valence-corrected chi connectivity index (χ4v) is 1.26. The molecule has 7 heteroatoms. The van der Waals surface area contributed by atoms with Crippen LogP contribution in [0.4, 0.5) is 13.2 Å². The molecule has 0 aliphatic carbocycles. The number of rotatable bonds is 3. The van der Waals surface area contributed by atoms with Gasteiger partial charge in [0.15, 0.2) is 0 Å². The van der Waals surface area contributed by atoms with E-state index in [1.54, 1.807) is 0 Å². The lowest BCUT2D eigenvalue weighted by Crippen LogP contribution is -2.43. The summed E-state index contributed by atoms with van der Waals surface area (Å²) < 4.78 is 58.2. The fraction of sp³-hybridized carbons (Fsp3) is 1.00. The Morgan fingerprint density at radius 2 is 1.83 bits per heavy atom. The summed E-state index contributed by atoms with van der Waals surface area (Å²) in [5, 5.41) is 0. The number of alkyl halides is 3. The number of nitrogens with one attached hydrogen (secondary N) is 1. The Morgan fingerprint density at radius 3 is 2.08 bits per heavy atom. The van der Waals surface area contributed by atoms with Gasteiger partial charge < -0.3 is 0 Å². The Morgan fingerprint density at radius 1 is 1.42 bits per heavy atom. The Kier molecular flexibility index (Phi) is 3.52. The van der Waals surface area contributed by atoms with Gasteiger partial charge in [-0.2, -0.15) is 13.2 Å². The SMILES string of the molecule is CCS(=O)(=O)NC(C)C(F)(F)F. The van der Waals surface area contributed by atoms with Gasteiger partial charge in [-0.15, -0.1) is 0 Å². The molecule has 0 aliphatic rings. The first-order chi connectivity index (χ1) is 5.19. The number of halogens is 3. The van der Waals surface area contributed by atoms with E-state index < -0.39 is 22.2 Å². The zero-order valence-electron chi connectivity index (χ0n) is 6.64. The molecule has 0 amide bonds. The third kappa shape index (κ3) is 3.91. The van der Waals surface area contributed by atoms with Crippen molar-refractivity contribution in [2.45, 2.75) is 26.1 Å². The van der Waals surface area contributed by atoms with Crippen LogP contribution in [0.15, 0.2) is 0 Å². The molecular weight excluding hydrogens is 195 g/mol. The quantitative estimate of drug-likeness (QED) is 0.743. The third-order valence-electron chi connectivity index (χ3n) is 1.23. The maximum Gasteiger partial charge on any atom is 0.404 e. The maximum absolute atomic E-state index is 11.8. The highest BCUT2D eigenvalue weighted by Crippen LogP contribution is 2.19. The van der Waals surface area contributed by atoms with Crippen molar-refractivity contribution in [1.29, 1.82) is 0 Å². The van der Waals surface area contributed by atoms with Gasteiger partial charge in [-0.1, -0.05) is 0 Å². The van der Waals surface area contributed by atoms with Gasteiger partial charge in [0.2, 0.25) is 10.0 Å². The van der Waals surface area contributed by atoms with Gasteiger partial charge in [0.05, 0.1) is 5.75 Å². The zero-order chi connectivity index (χ0) is 9.99. The molecular formula is C5H10F3NO2S. The summed E-state index contributed by atoms with van der Waals surface area (Å²) in [7, 11) is -3.77. The molecule has 1 unspecified atom stereocenters. The van der Waals surface area contributed by atoms with E-state index >= 15 is 0 Å². The molecule has 0 fully saturated rings. The predicted molar refractivity (Wildman–Crippen MR) is 38.1 cm³/mol. The van der Waals surface area contributed by atoms with Gasteiger partial charge in [0, 0.05) is 0 Å². The van der Waals surface area contributed by atoms with Crippen LogP contribution in [0.5, 0.6) is 0 Å². The average Bonchev–Trinajstić information content (AvgIpc) is 1.85. The molecule has 12 heavy (non-hydrogen) atoms. The van der Waals surface area contributed by atoms with E-state index in [0.29, 0.717) is 0 Å². The van der Waals surface area contributed by atoms with Gasteiger partial charge in [-0.3, -0.25) is 0 Å². The highest BCUT2D eigenvalue weighted by molar-refractivity contribution is 7.89. The second-order valence-electron chi connectivity index (χ2n) is 2.28. The van der Waals surface area contributed by atoms with Gasteiger partial charge in [0.25, 0.3) is 0 Å². The summed E-state index contributed by atoms with van der Waals surface area (Å²) in [6.45, 7) is 2.03. The van der Waals surface area contributed by atoms with Crippen LogP contribution in [0.2, 0.25) is 0 Å². The molecule has 0 saturated carbocycles. The Balaban J connectivity index is 4.30. The summed E-state index contributed by atoms with van der Waals surface area (Å²) in [5.74, 6) is -0.354. The molecule has 0 aromatic carbocycles. The van der Waals surface area contributed by atoms with Crippen molar-refractivity contribution < 1.29 is 21.6 Å². The van der Waals surface area contributed by atoms with Crippen molar-refractivity contribution in [3.63, 3.8) is 0 Å². The molecule has 3 nitrogen and oxygen atoms in total. The molecule has 1 atom stereocenters. The molecule has 0 aromatic heterocycles. The molecule has 0 spiro atoms. The first kappa shape index (κ1) is 11.7. The Bertz CT molecular complexity index is 234. The van der Waals surface area contributed by atoms with E-state index in [1.165, 1.54) is 11.6 Å². The van der Waals surface area contributed by atoms with Crippen LogP contribution in [0.3, 0.4) is 0 Å². The first-order valence-corrected chi connectivity index (χ1v) is 4.91. The average molecular weight is 205 g/mol. The maximum atomic E-state index is 11.8. The van der Waals surface area contributed by atoms with Gasteiger partial charge in [0.1, 0.15) is 6.04 Å². The summed E-state index contributed by atoms with van der Waals surface area (Å²) in [4.78, 5) is 0. The van der Waals surface area contributed by atoms with Crippen LogP contribution in [-0.4, -0.2) is 26.4 Å². The van der Waals surface area contributed by atoms with Crippen LogP contribution < -0.4 is 4.72 Å². The van der Waals surface area contributed by atoms with E-state index in [0.717, 1.165) is 6.92 Å². The van der Waals surface area contributed by atoms with Gasteiger partial charge in [-0.25, -0.2) is 13.1 Å². The van der Waals surface area contributed by atoms with E-state index in [-0.39, 0.29) is 5.75 Å². The monoisotopic (exact) mass is 205 g/mol. The Hall–Kier alpha value is -0.300. The summed E-state index contributed by atoms with van der Waals surface area (Å²) in [5.41, 5.74) is 0. The molecule has 0 heterocycles. The van der Waals surface area contributed by atoms with E-state index in [9.17, 15) is 21.6 Å². The van der Waals surface area contributed by atoms with Crippen molar-refractivity contribution in [2.24, 2.45) is 0 Å².